The number of halogens is 3. The average molecular weight is 343 g/mol. The molecular weight excluding hydrogens is 333 g/mol. The first-order chi connectivity index (χ1) is 8.99. The summed E-state index contributed by atoms with van der Waals surface area (Å²) in [6.07, 6.45) is 0. The van der Waals surface area contributed by atoms with Gasteiger partial charge >= 0.3 is 0 Å². The van der Waals surface area contributed by atoms with E-state index in [4.69, 9.17) is 11.6 Å². The van der Waals surface area contributed by atoms with Crippen molar-refractivity contribution >= 4 is 39.1 Å². The predicted octanol–water partition coefficient (Wildman–Crippen LogP) is 4.80. The SMILES string of the molecule is Cc1cccc(Cl)c1NC(=O)c1ccc(Br)c(F)c1. The molecule has 2 aromatic rings. The van der Waals surface area contributed by atoms with Crippen molar-refractivity contribution < 1.29 is 9.18 Å². The predicted molar refractivity (Wildman–Crippen MR) is 78.2 cm³/mol. The standard InChI is InChI=1S/C14H10BrClFNO/c1-8-3-2-4-11(16)13(8)18-14(19)9-5-6-10(15)12(17)7-9/h2-7H,1H3,(H,18,19). The molecule has 98 valence electrons. The lowest BCUT2D eigenvalue weighted by Gasteiger charge is -2.10. The van der Waals surface area contributed by atoms with Crippen molar-refractivity contribution in [3.05, 3.63) is 62.8 Å². The molecular formula is C14H10BrClFNO. The highest BCUT2D eigenvalue weighted by Gasteiger charge is 2.12. The number of hydrogen-bond donors (Lipinski definition) is 1. The molecule has 2 rings (SSSR count). The van der Waals surface area contributed by atoms with Crippen LogP contribution in [-0.2, 0) is 0 Å². The van der Waals surface area contributed by atoms with Crippen LogP contribution in [0.3, 0.4) is 0 Å². The molecule has 0 bridgehead atoms. The number of para-hydroxylation sites is 1. The fourth-order valence-corrected chi connectivity index (χ4v) is 2.13. The Balaban J connectivity index is 2.28. The fraction of sp³-hybridized carbons (Fsp3) is 0.0714. The Labute approximate surface area is 123 Å². The summed E-state index contributed by atoms with van der Waals surface area (Å²) in [4.78, 5) is 12.0. The van der Waals surface area contributed by atoms with Gasteiger partial charge in [-0.2, -0.15) is 0 Å². The van der Waals surface area contributed by atoms with E-state index >= 15 is 0 Å². The van der Waals surface area contributed by atoms with Crippen LogP contribution in [0, 0.1) is 12.7 Å². The highest BCUT2D eigenvalue weighted by Crippen LogP contribution is 2.26. The molecule has 0 aliphatic rings. The van der Waals surface area contributed by atoms with Gasteiger partial charge in [-0.15, -0.1) is 0 Å². The Morgan fingerprint density at radius 2 is 2.05 bits per heavy atom. The number of anilines is 1. The molecule has 0 heterocycles. The van der Waals surface area contributed by atoms with Crippen LogP contribution in [-0.4, -0.2) is 5.91 Å². The number of nitrogens with one attached hydrogen (secondary N) is 1. The Kier molecular flexibility index (Phi) is 4.22. The summed E-state index contributed by atoms with van der Waals surface area (Å²) < 4.78 is 13.7. The number of carbonyl (C=O) groups excluding carboxylic acids is 1. The molecule has 0 aromatic heterocycles. The maximum atomic E-state index is 13.4. The molecule has 0 aliphatic heterocycles. The zero-order valence-electron chi connectivity index (χ0n) is 10.0. The highest BCUT2D eigenvalue weighted by atomic mass is 79.9. The molecule has 2 nitrogen and oxygen atoms in total. The van der Waals surface area contributed by atoms with Crippen molar-refractivity contribution in [1.82, 2.24) is 0 Å². The monoisotopic (exact) mass is 341 g/mol. The molecule has 0 radical (unpaired) electrons. The zero-order chi connectivity index (χ0) is 14.0. The first-order valence-corrected chi connectivity index (χ1v) is 6.67. The van der Waals surface area contributed by atoms with Crippen molar-refractivity contribution in [3.63, 3.8) is 0 Å². The highest BCUT2D eigenvalue weighted by molar-refractivity contribution is 9.10. The lowest BCUT2D eigenvalue weighted by molar-refractivity contribution is 0.102. The van der Waals surface area contributed by atoms with E-state index in [0.717, 1.165) is 5.56 Å². The molecule has 0 atom stereocenters. The van der Waals surface area contributed by atoms with Gasteiger partial charge in [-0.1, -0.05) is 23.7 Å². The lowest BCUT2D eigenvalue weighted by atomic mass is 10.1. The van der Waals surface area contributed by atoms with Crippen LogP contribution in [0.2, 0.25) is 5.02 Å². The number of amides is 1. The van der Waals surface area contributed by atoms with E-state index in [0.29, 0.717) is 15.2 Å². The number of hydrogen-bond acceptors (Lipinski definition) is 1. The molecule has 0 fully saturated rings. The van der Waals surface area contributed by atoms with Crippen LogP contribution in [0.15, 0.2) is 40.9 Å². The van der Waals surface area contributed by atoms with Crippen LogP contribution in [0.1, 0.15) is 15.9 Å². The Morgan fingerprint density at radius 3 is 2.68 bits per heavy atom. The maximum absolute atomic E-state index is 13.4. The van der Waals surface area contributed by atoms with Gasteiger partial charge < -0.3 is 5.32 Å². The van der Waals surface area contributed by atoms with E-state index in [9.17, 15) is 9.18 Å². The van der Waals surface area contributed by atoms with E-state index in [-0.39, 0.29) is 5.56 Å². The van der Waals surface area contributed by atoms with Crippen LogP contribution >= 0.6 is 27.5 Å². The number of aryl methyl sites for hydroxylation is 1. The van der Waals surface area contributed by atoms with E-state index < -0.39 is 11.7 Å². The van der Waals surface area contributed by atoms with Crippen LogP contribution < -0.4 is 5.32 Å². The van der Waals surface area contributed by atoms with Gasteiger partial charge in [-0.25, -0.2) is 4.39 Å². The third-order valence-electron chi connectivity index (χ3n) is 2.64. The molecule has 19 heavy (non-hydrogen) atoms. The molecule has 0 aliphatic carbocycles. The van der Waals surface area contributed by atoms with Crippen molar-refractivity contribution in [3.8, 4) is 0 Å². The summed E-state index contributed by atoms with van der Waals surface area (Å²) in [6, 6.07) is 9.52. The summed E-state index contributed by atoms with van der Waals surface area (Å²) in [7, 11) is 0. The van der Waals surface area contributed by atoms with Crippen LogP contribution in [0.5, 0.6) is 0 Å². The Morgan fingerprint density at radius 1 is 1.32 bits per heavy atom. The maximum Gasteiger partial charge on any atom is 0.255 e. The van der Waals surface area contributed by atoms with Gasteiger partial charge in [0, 0.05) is 5.56 Å². The summed E-state index contributed by atoms with van der Waals surface area (Å²) in [5.74, 6) is -0.883. The normalized spacial score (nSPS) is 10.3. The van der Waals surface area contributed by atoms with Crippen molar-refractivity contribution in [2.24, 2.45) is 0 Å². The second kappa shape index (κ2) is 5.72. The van der Waals surface area contributed by atoms with E-state index in [1.807, 2.05) is 13.0 Å². The molecule has 1 amide bonds. The quantitative estimate of drug-likeness (QED) is 0.834. The second-order valence-corrected chi connectivity index (χ2v) is 5.28. The molecule has 5 heteroatoms. The van der Waals surface area contributed by atoms with Gasteiger partial charge in [-0.3, -0.25) is 4.79 Å². The van der Waals surface area contributed by atoms with E-state index in [2.05, 4.69) is 21.2 Å². The van der Waals surface area contributed by atoms with Crippen LogP contribution in [0.25, 0.3) is 0 Å². The summed E-state index contributed by atoms with van der Waals surface area (Å²) >= 11 is 9.06. The molecule has 0 saturated heterocycles. The molecule has 1 N–H and O–H groups in total. The minimum absolute atomic E-state index is 0.236. The summed E-state index contributed by atoms with van der Waals surface area (Å²) in [6.45, 7) is 1.84. The first-order valence-electron chi connectivity index (χ1n) is 5.50. The van der Waals surface area contributed by atoms with Gasteiger partial charge in [0.15, 0.2) is 0 Å². The minimum atomic E-state index is -0.483. The molecule has 0 spiro atoms. The van der Waals surface area contributed by atoms with E-state index in [1.54, 1.807) is 12.1 Å². The molecule has 2 aromatic carbocycles. The lowest BCUT2D eigenvalue weighted by Crippen LogP contribution is -2.13. The van der Waals surface area contributed by atoms with E-state index in [1.165, 1.54) is 18.2 Å². The largest absolute Gasteiger partial charge is 0.320 e. The van der Waals surface area contributed by atoms with Gasteiger partial charge in [0.1, 0.15) is 5.82 Å². The van der Waals surface area contributed by atoms with Crippen LogP contribution in [0.4, 0.5) is 10.1 Å². The summed E-state index contributed by atoms with van der Waals surface area (Å²) in [5, 5.41) is 3.14. The third-order valence-corrected chi connectivity index (χ3v) is 3.60. The van der Waals surface area contributed by atoms with Gasteiger partial charge in [-0.05, 0) is 52.7 Å². The van der Waals surface area contributed by atoms with Crippen molar-refractivity contribution in [2.75, 3.05) is 5.32 Å². The smallest absolute Gasteiger partial charge is 0.255 e. The fourth-order valence-electron chi connectivity index (χ4n) is 1.61. The Bertz CT molecular complexity index is 625. The number of rotatable bonds is 2. The Hall–Kier alpha value is -1.39. The molecule has 0 saturated carbocycles. The third kappa shape index (κ3) is 3.14. The van der Waals surface area contributed by atoms with Crippen molar-refractivity contribution in [2.45, 2.75) is 6.92 Å². The van der Waals surface area contributed by atoms with Crippen molar-refractivity contribution in [1.29, 1.82) is 0 Å². The van der Waals surface area contributed by atoms with Gasteiger partial charge in [0.2, 0.25) is 0 Å². The zero-order valence-corrected chi connectivity index (χ0v) is 12.3. The number of carbonyl (C=O) groups is 1. The topological polar surface area (TPSA) is 29.1 Å². The first kappa shape index (κ1) is 14.0. The van der Waals surface area contributed by atoms with Gasteiger partial charge in [0.05, 0.1) is 15.2 Å². The number of benzene rings is 2. The average Bonchev–Trinajstić information content (AvgIpc) is 2.37. The summed E-state index contributed by atoms with van der Waals surface area (Å²) in [5.41, 5.74) is 1.62. The minimum Gasteiger partial charge on any atom is -0.320 e. The molecule has 0 unspecified atom stereocenters. The second-order valence-electron chi connectivity index (χ2n) is 4.01. The van der Waals surface area contributed by atoms with Gasteiger partial charge in [0.25, 0.3) is 5.91 Å².